The van der Waals surface area contributed by atoms with Gasteiger partial charge in [-0.3, -0.25) is 9.59 Å². The van der Waals surface area contributed by atoms with Crippen LogP contribution in [0.15, 0.2) is 30.3 Å². The lowest BCUT2D eigenvalue weighted by molar-refractivity contribution is -0.133. The van der Waals surface area contributed by atoms with Crippen molar-refractivity contribution in [2.24, 2.45) is 0 Å². The summed E-state index contributed by atoms with van der Waals surface area (Å²) in [6.07, 6.45) is 4.83. The Balaban J connectivity index is 1.65. The minimum absolute atomic E-state index is 0.101. The van der Waals surface area contributed by atoms with Crippen molar-refractivity contribution < 1.29 is 9.59 Å². The van der Waals surface area contributed by atoms with Crippen LogP contribution in [-0.2, 0) is 9.59 Å². The highest BCUT2D eigenvalue weighted by Gasteiger charge is 2.36. The van der Waals surface area contributed by atoms with Gasteiger partial charge in [0, 0.05) is 32.1 Å². The van der Waals surface area contributed by atoms with Crippen LogP contribution in [0.2, 0.25) is 0 Å². The molecular formula is C19H27N3O2. The van der Waals surface area contributed by atoms with Gasteiger partial charge >= 0.3 is 0 Å². The molecule has 2 bridgehead atoms. The Morgan fingerprint density at radius 2 is 1.83 bits per heavy atom. The molecule has 3 unspecified atom stereocenters. The Bertz CT molecular complexity index is 578. The summed E-state index contributed by atoms with van der Waals surface area (Å²) < 4.78 is 0. The lowest BCUT2D eigenvalue weighted by atomic mass is 9.97. The number of carbonyl (C=O) groups is 2. The summed E-state index contributed by atoms with van der Waals surface area (Å²) in [5, 5.41) is 6.53. The first-order valence-electron chi connectivity index (χ1n) is 8.86. The fourth-order valence-corrected chi connectivity index (χ4v) is 4.05. The highest BCUT2D eigenvalue weighted by atomic mass is 16.2. The number of nitrogens with one attached hydrogen (secondary N) is 2. The topological polar surface area (TPSA) is 61.4 Å². The molecule has 2 amide bonds. The molecule has 1 aromatic rings. The molecule has 1 aromatic carbocycles. The zero-order valence-electron chi connectivity index (χ0n) is 14.5. The molecular weight excluding hydrogens is 302 g/mol. The van der Waals surface area contributed by atoms with Gasteiger partial charge in [-0.2, -0.15) is 0 Å². The molecule has 24 heavy (non-hydrogen) atoms. The molecule has 5 nitrogen and oxygen atoms in total. The molecule has 2 fully saturated rings. The maximum atomic E-state index is 12.8. The Morgan fingerprint density at radius 3 is 2.42 bits per heavy atom. The third-order valence-corrected chi connectivity index (χ3v) is 5.35. The summed E-state index contributed by atoms with van der Waals surface area (Å²) in [6, 6.07) is 10.9. The minimum Gasteiger partial charge on any atom is -0.349 e. The van der Waals surface area contributed by atoms with Crippen molar-refractivity contribution in [3.63, 3.8) is 0 Å². The predicted molar refractivity (Wildman–Crippen MR) is 93.4 cm³/mol. The van der Waals surface area contributed by atoms with E-state index in [0.29, 0.717) is 24.5 Å². The van der Waals surface area contributed by atoms with Crippen LogP contribution >= 0.6 is 0 Å². The second-order valence-electron chi connectivity index (χ2n) is 7.14. The molecule has 0 aromatic heterocycles. The van der Waals surface area contributed by atoms with Gasteiger partial charge in [-0.25, -0.2) is 0 Å². The minimum atomic E-state index is -0.267. The Labute approximate surface area is 143 Å². The number of piperidine rings is 1. The number of benzene rings is 1. The van der Waals surface area contributed by atoms with Crippen molar-refractivity contribution in [2.45, 2.75) is 63.2 Å². The van der Waals surface area contributed by atoms with E-state index in [2.05, 4.69) is 10.6 Å². The van der Waals surface area contributed by atoms with Crippen LogP contribution in [-0.4, -0.2) is 41.9 Å². The van der Waals surface area contributed by atoms with Crippen LogP contribution in [0.5, 0.6) is 0 Å². The molecule has 0 radical (unpaired) electrons. The van der Waals surface area contributed by atoms with Gasteiger partial charge in [0.05, 0.1) is 12.5 Å². The molecule has 0 aliphatic carbocycles. The first kappa shape index (κ1) is 17.0. The van der Waals surface area contributed by atoms with E-state index in [1.807, 2.05) is 42.3 Å². The molecule has 5 heteroatoms. The molecule has 3 atom stereocenters. The fourth-order valence-electron chi connectivity index (χ4n) is 4.05. The van der Waals surface area contributed by atoms with Gasteiger partial charge in [0.1, 0.15) is 0 Å². The summed E-state index contributed by atoms with van der Waals surface area (Å²) in [6.45, 7) is 1.49. The van der Waals surface area contributed by atoms with Crippen molar-refractivity contribution in [3.05, 3.63) is 35.9 Å². The van der Waals surface area contributed by atoms with E-state index in [4.69, 9.17) is 0 Å². The van der Waals surface area contributed by atoms with Crippen molar-refractivity contribution >= 4 is 11.8 Å². The van der Waals surface area contributed by atoms with E-state index in [-0.39, 0.29) is 17.9 Å². The second-order valence-corrected chi connectivity index (χ2v) is 7.14. The number of hydrogen-bond donors (Lipinski definition) is 2. The number of hydrogen-bond acceptors (Lipinski definition) is 3. The molecule has 130 valence electrons. The van der Waals surface area contributed by atoms with Gasteiger partial charge in [-0.1, -0.05) is 30.3 Å². The Morgan fingerprint density at radius 1 is 1.21 bits per heavy atom. The highest BCUT2D eigenvalue weighted by Crippen LogP contribution is 2.30. The van der Waals surface area contributed by atoms with Crippen molar-refractivity contribution in [1.29, 1.82) is 0 Å². The van der Waals surface area contributed by atoms with E-state index in [1.165, 1.54) is 19.8 Å². The molecule has 2 saturated heterocycles. The van der Waals surface area contributed by atoms with Gasteiger partial charge in [-0.15, -0.1) is 0 Å². The summed E-state index contributed by atoms with van der Waals surface area (Å²) in [7, 11) is 1.91. The van der Waals surface area contributed by atoms with Crippen LogP contribution in [0.1, 0.15) is 50.6 Å². The monoisotopic (exact) mass is 329 g/mol. The zero-order chi connectivity index (χ0) is 17.1. The van der Waals surface area contributed by atoms with Crippen LogP contribution < -0.4 is 10.6 Å². The second kappa shape index (κ2) is 7.34. The molecule has 0 saturated carbocycles. The molecule has 3 rings (SSSR count). The molecule has 2 N–H and O–H groups in total. The first-order chi connectivity index (χ1) is 11.5. The van der Waals surface area contributed by atoms with E-state index >= 15 is 0 Å². The molecule has 2 heterocycles. The van der Waals surface area contributed by atoms with Crippen molar-refractivity contribution in [1.82, 2.24) is 15.5 Å². The fraction of sp³-hybridized carbons (Fsp3) is 0.579. The van der Waals surface area contributed by atoms with Gasteiger partial charge in [0.2, 0.25) is 11.8 Å². The molecule has 0 spiro atoms. The van der Waals surface area contributed by atoms with E-state index in [9.17, 15) is 9.59 Å². The van der Waals surface area contributed by atoms with Crippen LogP contribution in [0.3, 0.4) is 0 Å². The van der Waals surface area contributed by atoms with Gasteiger partial charge in [-0.05, 0) is 31.2 Å². The average molecular weight is 329 g/mol. The lowest BCUT2D eigenvalue weighted by Crippen LogP contribution is -2.49. The first-order valence-corrected chi connectivity index (χ1v) is 8.86. The quantitative estimate of drug-likeness (QED) is 0.868. The number of amides is 2. The summed E-state index contributed by atoms with van der Waals surface area (Å²) >= 11 is 0. The van der Waals surface area contributed by atoms with Gasteiger partial charge < -0.3 is 15.5 Å². The zero-order valence-corrected chi connectivity index (χ0v) is 14.5. The number of nitrogens with zero attached hydrogens (tertiary/aromatic N) is 1. The number of carbonyl (C=O) groups excluding carboxylic acids is 2. The third kappa shape index (κ3) is 3.96. The van der Waals surface area contributed by atoms with Crippen LogP contribution in [0, 0.1) is 0 Å². The SMILES string of the molecule is CC(=O)NC(CC(=O)N(C)C1CC2CCC(C1)N2)c1ccccc1. The maximum Gasteiger partial charge on any atom is 0.224 e. The molecule has 2 aliphatic heterocycles. The summed E-state index contributed by atoms with van der Waals surface area (Å²) in [4.78, 5) is 26.2. The number of fused-ring (bicyclic) bond motifs is 2. The predicted octanol–water partition coefficient (Wildman–Crippen LogP) is 2.00. The maximum absolute atomic E-state index is 12.8. The summed E-state index contributed by atoms with van der Waals surface area (Å²) in [5.74, 6) is -0.0110. The Kier molecular flexibility index (Phi) is 5.19. The van der Waals surface area contributed by atoms with E-state index in [0.717, 1.165) is 18.4 Å². The average Bonchev–Trinajstić information content (AvgIpc) is 2.92. The highest BCUT2D eigenvalue weighted by molar-refractivity contribution is 5.79. The standard InChI is InChI=1S/C19H27N3O2/c1-13(23)20-18(14-6-4-3-5-7-14)12-19(24)22(2)17-10-15-8-9-16(11-17)21-15/h3-7,15-18,21H,8-12H2,1-2H3,(H,20,23). The van der Waals surface area contributed by atoms with E-state index < -0.39 is 0 Å². The normalized spacial score (nSPS) is 26.7. The van der Waals surface area contributed by atoms with Gasteiger partial charge in [0.15, 0.2) is 0 Å². The summed E-state index contributed by atoms with van der Waals surface area (Å²) in [5.41, 5.74) is 0.972. The van der Waals surface area contributed by atoms with E-state index in [1.54, 1.807) is 0 Å². The third-order valence-electron chi connectivity index (χ3n) is 5.35. The van der Waals surface area contributed by atoms with Crippen molar-refractivity contribution in [2.75, 3.05) is 7.05 Å². The largest absolute Gasteiger partial charge is 0.349 e. The van der Waals surface area contributed by atoms with Gasteiger partial charge in [0.25, 0.3) is 0 Å². The Hall–Kier alpha value is -1.88. The lowest BCUT2D eigenvalue weighted by Gasteiger charge is -2.36. The number of rotatable bonds is 5. The van der Waals surface area contributed by atoms with Crippen LogP contribution in [0.4, 0.5) is 0 Å². The van der Waals surface area contributed by atoms with Crippen LogP contribution in [0.25, 0.3) is 0 Å². The smallest absolute Gasteiger partial charge is 0.224 e. The van der Waals surface area contributed by atoms with Crippen molar-refractivity contribution in [3.8, 4) is 0 Å². The molecule has 2 aliphatic rings.